The van der Waals surface area contributed by atoms with Gasteiger partial charge in [-0.15, -0.1) is 0 Å². The van der Waals surface area contributed by atoms with Crippen molar-refractivity contribution in [1.82, 2.24) is 19.1 Å². The number of nitrogens with zero attached hydrogens (tertiary/aromatic N) is 4. The molecule has 30 heavy (non-hydrogen) atoms. The normalized spacial score (nSPS) is 15.0. The molecule has 4 aromatic rings. The van der Waals surface area contributed by atoms with Gasteiger partial charge in [0.25, 0.3) is 0 Å². The number of rotatable bonds is 5. The van der Waals surface area contributed by atoms with E-state index >= 15 is 0 Å². The van der Waals surface area contributed by atoms with Gasteiger partial charge < -0.3 is 14.0 Å². The predicted octanol–water partition coefficient (Wildman–Crippen LogP) is 3.85. The monoisotopic (exact) mass is 402 g/mol. The molecule has 1 fully saturated rings. The van der Waals surface area contributed by atoms with Crippen LogP contribution in [0.2, 0.25) is 0 Å². The number of fused-ring (bicyclic) bond motifs is 1. The van der Waals surface area contributed by atoms with Crippen LogP contribution < -0.4 is 4.74 Å². The number of ether oxygens (including phenoxy) is 2. The molecule has 1 saturated heterocycles. The number of hydrogen-bond acceptors (Lipinski definition) is 4. The minimum absolute atomic E-state index is 0.787. The summed E-state index contributed by atoms with van der Waals surface area (Å²) in [5, 5.41) is 5.00. The summed E-state index contributed by atoms with van der Waals surface area (Å²) in [6.45, 7) is 4.32. The predicted molar refractivity (Wildman–Crippen MR) is 118 cm³/mol. The summed E-state index contributed by atoms with van der Waals surface area (Å²) in [6.07, 6.45) is 2.12. The molecule has 6 heteroatoms. The summed E-state index contributed by atoms with van der Waals surface area (Å²) >= 11 is 0. The zero-order valence-corrected chi connectivity index (χ0v) is 17.4. The van der Waals surface area contributed by atoms with Crippen molar-refractivity contribution in [2.75, 3.05) is 33.4 Å². The number of hydrogen-bond donors (Lipinski definition) is 0. The molecule has 0 aliphatic carbocycles. The molecule has 3 heterocycles. The average molecular weight is 402 g/mol. The molecule has 0 saturated carbocycles. The molecule has 2 aromatic carbocycles. The van der Waals surface area contributed by atoms with Gasteiger partial charge in [0, 0.05) is 43.4 Å². The van der Waals surface area contributed by atoms with Crippen LogP contribution in [-0.4, -0.2) is 52.5 Å². The first-order valence-corrected chi connectivity index (χ1v) is 10.3. The maximum atomic E-state index is 5.55. The molecular weight excluding hydrogens is 376 g/mol. The zero-order chi connectivity index (χ0) is 20.5. The first-order chi connectivity index (χ1) is 14.7. The third-order valence-corrected chi connectivity index (χ3v) is 5.82. The number of morpholine rings is 1. The third-order valence-electron chi connectivity index (χ3n) is 5.82. The van der Waals surface area contributed by atoms with E-state index in [2.05, 4.69) is 59.1 Å². The molecule has 1 aliphatic rings. The van der Waals surface area contributed by atoms with Gasteiger partial charge in [-0.3, -0.25) is 4.90 Å². The second-order valence-electron chi connectivity index (χ2n) is 7.65. The topological polar surface area (TPSA) is 43.9 Å². The first-order valence-electron chi connectivity index (χ1n) is 10.3. The van der Waals surface area contributed by atoms with Crippen molar-refractivity contribution < 1.29 is 9.47 Å². The van der Waals surface area contributed by atoms with Crippen LogP contribution in [0.3, 0.4) is 0 Å². The number of aromatic nitrogens is 3. The van der Waals surface area contributed by atoms with Crippen molar-refractivity contribution in [2.24, 2.45) is 7.05 Å². The zero-order valence-electron chi connectivity index (χ0n) is 17.4. The van der Waals surface area contributed by atoms with Crippen molar-refractivity contribution in [3.63, 3.8) is 0 Å². The van der Waals surface area contributed by atoms with Crippen LogP contribution in [0.5, 0.6) is 5.75 Å². The second kappa shape index (κ2) is 7.97. The van der Waals surface area contributed by atoms with E-state index in [9.17, 15) is 0 Å². The van der Waals surface area contributed by atoms with Crippen molar-refractivity contribution in [3.05, 3.63) is 66.4 Å². The molecule has 0 atom stereocenters. The van der Waals surface area contributed by atoms with Gasteiger partial charge in [0.15, 0.2) is 0 Å². The molecule has 0 N–H and O–H groups in total. The molecule has 0 unspecified atom stereocenters. The lowest BCUT2D eigenvalue weighted by Gasteiger charge is -2.26. The minimum atomic E-state index is 0.787. The van der Waals surface area contributed by atoms with Crippen molar-refractivity contribution in [2.45, 2.75) is 6.54 Å². The smallest absolute Gasteiger partial charge is 0.141 e. The van der Waals surface area contributed by atoms with Crippen LogP contribution in [-0.2, 0) is 18.3 Å². The number of benzene rings is 2. The molecule has 0 spiro atoms. The Bertz CT molecular complexity index is 1140. The van der Waals surface area contributed by atoms with Crippen LogP contribution in [0.4, 0.5) is 0 Å². The van der Waals surface area contributed by atoms with Gasteiger partial charge in [0.1, 0.15) is 11.4 Å². The lowest BCUT2D eigenvalue weighted by Crippen LogP contribution is -2.35. The second-order valence-corrected chi connectivity index (χ2v) is 7.65. The molecule has 5 rings (SSSR count). The fourth-order valence-electron chi connectivity index (χ4n) is 4.21. The quantitative estimate of drug-likeness (QED) is 0.509. The Morgan fingerprint density at radius 2 is 1.70 bits per heavy atom. The molecule has 0 bridgehead atoms. The Kier molecular flexibility index (Phi) is 5.02. The van der Waals surface area contributed by atoms with Crippen LogP contribution in [0.25, 0.3) is 28.2 Å². The van der Waals surface area contributed by atoms with Crippen molar-refractivity contribution in [1.29, 1.82) is 0 Å². The fraction of sp³-hybridized carbons (Fsp3) is 0.292. The number of methoxy groups -OCH3 is 1. The van der Waals surface area contributed by atoms with Crippen LogP contribution in [0.1, 0.15) is 5.56 Å². The number of aryl methyl sites for hydroxylation is 1. The highest BCUT2D eigenvalue weighted by Crippen LogP contribution is 2.32. The third kappa shape index (κ3) is 3.38. The summed E-state index contributed by atoms with van der Waals surface area (Å²) < 4.78 is 15.1. The summed E-state index contributed by atoms with van der Waals surface area (Å²) in [5.74, 6) is 0.858. The van der Waals surface area contributed by atoms with E-state index in [-0.39, 0.29) is 0 Å². The van der Waals surface area contributed by atoms with Crippen LogP contribution in [0.15, 0.2) is 60.8 Å². The lowest BCUT2D eigenvalue weighted by molar-refractivity contribution is 0.0344. The van der Waals surface area contributed by atoms with E-state index in [1.807, 2.05) is 22.7 Å². The van der Waals surface area contributed by atoms with Gasteiger partial charge in [-0.05, 0) is 24.3 Å². The van der Waals surface area contributed by atoms with E-state index in [0.717, 1.165) is 66.8 Å². The Labute approximate surface area is 176 Å². The van der Waals surface area contributed by atoms with Gasteiger partial charge in [-0.1, -0.05) is 30.3 Å². The number of imidazole rings is 1. The van der Waals surface area contributed by atoms with E-state index in [4.69, 9.17) is 14.6 Å². The highest BCUT2D eigenvalue weighted by Gasteiger charge is 2.22. The van der Waals surface area contributed by atoms with Gasteiger partial charge in [0.2, 0.25) is 0 Å². The minimum Gasteiger partial charge on any atom is -0.497 e. The van der Waals surface area contributed by atoms with Crippen LogP contribution >= 0.6 is 0 Å². The standard InChI is InChI=1S/C24H26N4O2/c1-26-22(18-8-10-20(29-2)11-9-18)17-28-24(26)21(16-27-12-14-30-15-13-27)23(25-28)19-6-4-3-5-7-19/h3-11,17H,12-16H2,1-2H3. The lowest BCUT2D eigenvalue weighted by atomic mass is 10.1. The van der Waals surface area contributed by atoms with Gasteiger partial charge in [-0.2, -0.15) is 5.10 Å². The fourth-order valence-corrected chi connectivity index (χ4v) is 4.21. The maximum Gasteiger partial charge on any atom is 0.141 e. The largest absolute Gasteiger partial charge is 0.497 e. The summed E-state index contributed by atoms with van der Waals surface area (Å²) in [4.78, 5) is 2.45. The average Bonchev–Trinajstić information content (AvgIpc) is 3.32. The van der Waals surface area contributed by atoms with Gasteiger partial charge >= 0.3 is 0 Å². The molecule has 6 nitrogen and oxygen atoms in total. The van der Waals surface area contributed by atoms with E-state index < -0.39 is 0 Å². The molecular formula is C24H26N4O2. The summed E-state index contributed by atoms with van der Waals surface area (Å²) in [7, 11) is 3.81. The Morgan fingerprint density at radius 3 is 2.40 bits per heavy atom. The highest BCUT2D eigenvalue weighted by molar-refractivity contribution is 5.74. The molecule has 154 valence electrons. The van der Waals surface area contributed by atoms with Gasteiger partial charge in [-0.25, -0.2) is 4.52 Å². The Balaban J connectivity index is 1.62. The van der Waals surface area contributed by atoms with Crippen LogP contribution in [0, 0.1) is 0 Å². The maximum absolute atomic E-state index is 5.55. The Morgan fingerprint density at radius 1 is 0.967 bits per heavy atom. The van der Waals surface area contributed by atoms with E-state index in [1.54, 1.807) is 7.11 Å². The SMILES string of the molecule is COc1ccc(-c2cn3nc(-c4ccccc4)c(CN4CCOCC4)c3n2C)cc1. The summed E-state index contributed by atoms with van der Waals surface area (Å²) in [5.41, 5.74) is 6.85. The first kappa shape index (κ1) is 18.9. The summed E-state index contributed by atoms with van der Waals surface area (Å²) in [6, 6.07) is 18.6. The molecule has 0 amide bonds. The molecule has 2 aromatic heterocycles. The highest BCUT2D eigenvalue weighted by atomic mass is 16.5. The van der Waals surface area contributed by atoms with E-state index in [0.29, 0.717) is 0 Å². The molecule has 0 radical (unpaired) electrons. The van der Waals surface area contributed by atoms with Crippen molar-refractivity contribution in [3.8, 4) is 28.3 Å². The van der Waals surface area contributed by atoms with E-state index in [1.165, 1.54) is 5.56 Å². The Hall–Kier alpha value is -3.09. The van der Waals surface area contributed by atoms with Gasteiger partial charge in [0.05, 0.1) is 37.9 Å². The molecule has 1 aliphatic heterocycles. The van der Waals surface area contributed by atoms with Crippen molar-refractivity contribution >= 4 is 5.65 Å².